The summed E-state index contributed by atoms with van der Waals surface area (Å²) in [7, 11) is 0. The lowest BCUT2D eigenvalue weighted by Crippen LogP contribution is -2.45. The first-order valence-electron chi connectivity index (χ1n) is 7.27. The molecule has 0 saturated carbocycles. The van der Waals surface area contributed by atoms with Gasteiger partial charge in [0.15, 0.2) is 0 Å². The highest BCUT2D eigenvalue weighted by Crippen LogP contribution is 2.12. The lowest BCUT2D eigenvalue weighted by molar-refractivity contribution is -0.121. The number of ether oxygens (including phenoxy) is 1. The van der Waals surface area contributed by atoms with E-state index in [1.54, 1.807) is 0 Å². The number of nitrogens with one attached hydrogen (secondary N) is 2. The minimum Gasteiger partial charge on any atom is -0.381 e. The summed E-state index contributed by atoms with van der Waals surface area (Å²) in [6, 6.07) is 0.706. The van der Waals surface area contributed by atoms with E-state index in [4.69, 9.17) is 4.74 Å². The van der Waals surface area contributed by atoms with Crippen LogP contribution >= 0.6 is 0 Å². The van der Waals surface area contributed by atoms with Gasteiger partial charge in [-0.1, -0.05) is 26.7 Å². The van der Waals surface area contributed by atoms with Gasteiger partial charge in [0.2, 0.25) is 5.91 Å². The standard InChI is InChI=1S/C14H28N2O2/c1-4-12(5-2)11(3)15-10-14(17)16-13-6-8-18-9-7-13/h11-13,15H,4-10H2,1-3H3,(H,16,17). The summed E-state index contributed by atoms with van der Waals surface area (Å²) in [4.78, 5) is 11.8. The van der Waals surface area contributed by atoms with E-state index in [0.717, 1.165) is 38.9 Å². The first-order chi connectivity index (χ1) is 8.67. The zero-order valence-corrected chi connectivity index (χ0v) is 12.0. The van der Waals surface area contributed by atoms with Crippen LogP contribution in [0.15, 0.2) is 0 Å². The van der Waals surface area contributed by atoms with Gasteiger partial charge in [0, 0.05) is 25.3 Å². The van der Waals surface area contributed by atoms with Gasteiger partial charge < -0.3 is 15.4 Å². The number of amides is 1. The quantitative estimate of drug-likeness (QED) is 0.729. The third-order valence-electron chi connectivity index (χ3n) is 3.93. The third kappa shape index (κ3) is 5.36. The van der Waals surface area contributed by atoms with E-state index in [0.29, 0.717) is 24.5 Å². The van der Waals surface area contributed by atoms with Crippen LogP contribution in [0.4, 0.5) is 0 Å². The van der Waals surface area contributed by atoms with E-state index in [-0.39, 0.29) is 5.91 Å². The van der Waals surface area contributed by atoms with Crippen LogP contribution in [0.1, 0.15) is 46.5 Å². The van der Waals surface area contributed by atoms with Crippen LogP contribution < -0.4 is 10.6 Å². The Morgan fingerprint density at radius 2 is 1.89 bits per heavy atom. The van der Waals surface area contributed by atoms with Crippen LogP contribution in [0, 0.1) is 5.92 Å². The highest BCUT2D eigenvalue weighted by atomic mass is 16.5. The average molecular weight is 256 g/mol. The van der Waals surface area contributed by atoms with Gasteiger partial charge in [-0.2, -0.15) is 0 Å². The molecule has 2 N–H and O–H groups in total. The Bertz CT molecular complexity index is 236. The molecule has 1 amide bonds. The molecule has 0 bridgehead atoms. The van der Waals surface area contributed by atoms with Gasteiger partial charge in [-0.15, -0.1) is 0 Å². The summed E-state index contributed by atoms with van der Waals surface area (Å²) in [5.41, 5.74) is 0. The molecule has 0 radical (unpaired) electrons. The van der Waals surface area contributed by atoms with E-state index in [9.17, 15) is 4.79 Å². The molecule has 0 aromatic carbocycles. The molecule has 1 heterocycles. The fourth-order valence-electron chi connectivity index (χ4n) is 2.54. The Balaban J connectivity index is 2.19. The first-order valence-corrected chi connectivity index (χ1v) is 7.27. The Hall–Kier alpha value is -0.610. The summed E-state index contributed by atoms with van der Waals surface area (Å²) >= 11 is 0. The maximum absolute atomic E-state index is 11.8. The van der Waals surface area contributed by atoms with Crippen molar-refractivity contribution in [2.75, 3.05) is 19.8 Å². The molecule has 0 aromatic heterocycles. The molecular weight excluding hydrogens is 228 g/mol. The minimum absolute atomic E-state index is 0.111. The van der Waals surface area contributed by atoms with Crippen molar-refractivity contribution in [3.05, 3.63) is 0 Å². The van der Waals surface area contributed by atoms with Crippen molar-refractivity contribution >= 4 is 5.91 Å². The molecule has 18 heavy (non-hydrogen) atoms. The van der Waals surface area contributed by atoms with Crippen LogP contribution in [-0.4, -0.2) is 37.7 Å². The minimum atomic E-state index is 0.111. The van der Waals surface area contributed by atoms with Crippen LogP contribution in [0.2, 0.25) is 0 Å². The van der Waals surface area contributed by atoms with Crippen LogP contribution in [0.3, 0.4) is 0 Å². The van der Waals surface area contributed by atoms with Gasteiger partial charge in [-0.25, -0.2) is 0 Å². The molecule has 1 aliphatic heterocycles. The number of carbonyl (C=O) groups is 1. The predicted octanol–water partition coefficient (Wildman–Crippen LogP) is 1.70. The van der Waals surface area contributed by atoms with Gasteiger partial charge in [0.1, 0.15) is 0 Å². The largest absolute Gasteiger partial charge is 0.381 e. The first kappa shape index (κ1) is 15.4. The highest BCUT2D eigenvalue weighted by Gasteiger charge is 2.17. The van der Waals surface area contributed by atoms with Gasteiger partial charge in [-0.05, 0) is 25.7 Å². The van der Waals surface area contributed by atoms with Crippen molar-refractivity contribution in [3.63, 3.8) is 0 Å². The highest BCUT2D eigenvalue weighted by molar-refractivity contribution is 5.78. The molecule has 4 nitrogen and oxygen atoms in total. The number of hydrogen-bond donors (Lipinski definition) is 2. The molecule has 1 unspecified atom stereocenters. The molecule has 0 aromatic rings. The SMILES string of the molecule is CCC(CC)C(C)NCC(=O)NC1CCOCC1. The van der Waals surface area contributed by atoms with Crippen molar-refractivity contribution in [1.82, 2.24) is 10.6 Å². The van der Waals surface area contributed by atoms with E-state index in [2.05, 4.69) is 31.4 Å². The fourth-order valence-corrected chi connectivity index (χ4v) is 2.54. The Morgan fingerprint density at radius 3 is 2.44 bits per heavy atom. The Morgan fingerprint density at radius 1 is 1.28 bits per heavy atom. The molecule has 4 heteroatoms. The van der Waals surface area contributed by atoms with Crippen LogP contribution in [0.5, 0.6) is 0 Å². The fraction of sp³-hybridized carbons (Fsp3) is 0.929. The zero-order chi connectivity index (χ0) is 13.4. The summed E-state index contributed by atoms with van der Waals surface area (Å²) < 4.78 is 5.27. The van der Waals surface area contributed by atoms with E-state index in [1.165, 1.54) is 0 Å². The smallest absolute Gasteiger partial charge is 0.234 e. The van der Waals surface area contributed by atoms with Crippen LogP contribution in [-0.2, 0) is 9.53 Å². The topological polar surface area (TPSA) is 50.4 Å². The molecule has 106 valence electrons. The normalized spacial score (nSPS) is 18.9. The van der Waals surface area contributed by atoms with E-state index in [1.807, 2.05) is 0 Å². The van der Waals surface area contributed by atoms with Crippen LogP contribution in [0.25, 0.3) is 0 Å². The average Bonchev–Trinajstić information content (AvgIpc) is 2.39. The third-order valence-corrected chi connectivity index (χ3v) is 3.93. The maximum atomic E-state index is 11.8. The number of carbonyl (C=O) groups excluding carboxylic acids is 1. The zero-order valence-electron chi connectivity index (χ0n) is 12.0. The van der Waals surface area contributed by atoms with Gasteiger partial charge in [-0.3, -0.25) is 4.79 Å². The Labute approximate surface area is 111 Å². The van der Waals surface area contributed by atoms with Gasteiger partial charge >= 0.3 is 0 Å². The van der Waals surface area contributed by atoms with Crippen molar-refractivity contribution in [1.29, 1.82) is 0 Å². The van der Waals surface area contributed by atoms with E-state index < -0.39 is 0 Å². The second-order valence-electron chi connectivity index (χ2n) is 5.20. The summed E-state index contributed by atoms with van der Waals surface area (Å²) in [6.45, 7) is 8.53. The monoisotopic (exact) mass is 256 g/mol. The van der Waals surface area contributed by atoms with Gasteiger partial charge in [0.25, 0.3) is 0 Å². The van der Waals surface area contributed by atoms with E-state index >= 15 is 0 Å². The van der Waals surface area contributed by atoms with Gasteiger partial charge in [0.05, 0.1) is 6.54 Å². The van der Waals surface area contributed by atoms with Crippen molar-refractivity contribution in [2.45, 2.75) is 58.5 Å². The molecule has 1 fully saturated rings. The molecule has 0 spiro atoms. The van der Waals surface area contributed by atoms with Crippen molar-refractivity contribution in [2.24, 2.45) is 5.92 Å². The second kappa shape index (κ2) is 8.48. The lowest BCUT2D eigenvalue weighted by Gasteiger charge is -2.25. The molecule has 0 aliphatic carbocycles. The number of rotatable bonds is 7. The number of hydrogen-bond acceptors (Lipinski definition) is 3. The molecular formula is C14H28N2O2. The summed E-state index contributed by atoms with van der Waals surface area (Å²) in [5, 5.41) is 6.40. The predicted molar refractivity (Wildman–Crippen MR) is 73.5 cm³/mol. The molecule has 1 saturated heterocycles. The second-order valence-corrected chi connectivity index (χ2v) is 5.20. The molecule has 1 rings (SSSR count). The summed E-state index contributed by atoms with van der Waals surface area (Å²) in [5.74, 6) is 0.764. The lowest BCUT2D eigenvalue weighted by atomic mass is 9.95. The molecule has 1 aliphatic rings. The Kier molecular flexibility index (Phi) is 7.28. The van der Waals surface area contributed by atoms with Crippen molar-refractivity contribution in [3.8, 4) is 0 Å². The van der Waals surface area contributed by atoms with Crippen molar-refractivity contribution < 1.29 is 9.53 Å². The summed E-state index contributed by atoms with van der Waals surface area (Å²) in [6.07, 6.45) is 4.19. The molecule has 1 atom stereocenters. The maximum Gasteiger partial charge on any atom is 0.234 e.